The molecule has 0 aliphatic carbocycles. The molecule has 0 saturated carbocycles. The number of nitrogens with one attached hydrogen (secondary N) is 1. The van der Waals surface area contributed by atoms with Crippen LogP contribution in [0.25, 0.3) is 16.7 Å². The lowest BCUT2D eigenvalue weighted by molar-refractivity contribution is -0.114. The van der Waals surface area contributed by atoms with E-state index in [1.165, 1.54) is 18.3 Å². The number of para-hydroxylation sites is 1. The van der Waals surface area contributed by atoms with Crippen molar-refractivity contribution >= 4 is 45.2 Å². The highest BCUT2D eigenvalue weighted by Crippen LogP contribution is 2.29. The number of nitrogens with zero attached hydrogens (tertiary/aromatic N) is 5. The summed E-state index contributed by atoms with van der Waals surface area (Å²) in [5, 5.41) is 11.5. The molecule has 0 bridgehead atoms. The normalized spacial score (nSPS) is 11.0. The van der Waals surface area contributed by atoms with Gasteiger partial charge in [-0.1, -0.05) is 30.0 Å². The van der Waals surface area contributed by atoms with E-state index in [0.717, 1.165) is 27.4 Å². The number of amides is 1. The number of fused-ring (bicyclic) bond motifs is 1. The van der Waals surface area contributed by atoms with Crippen LogP contribution in [0.3, 0.4) is 0 Å². The highest BCUT2D eigenvalue weighted by atomic mass is 32.2. The lowest BCUT2D eigenvalue weighted by Crippen LogP contribution is -2.05. The number of hydrogen-bond acceptors (Lipinski definition) is 7. The van der Waals surface area contributed by atoms with E-state index < -0.39 is 0 Å². The molecule has 3 heterocycles. The largest absolute Gasteiger partial charge is 0.302 e. The second kappa shape index (κ2) is 7.22. The number of carbonyl (C=O) groups excluding carboxylic acids is 1. The van der Waals surface area contributed by atoms with Crippen LogP contribution in [0.5, 0.6) is 0 Å². The Hall–Kier alpha value is -2.78. The SMILES string of the molecule is CC(=O)Nc1nc(CSc2ncnc3c2cnn3-c2ccccc2)cs1. The fraction of sp³-hybridized carbons (Fsp3) is 0.118. The van der Waals surface area contributed by atoms with Crippen LogP contribution in [0.2, 0.25) is 0 Å². The van der Waals surface area contributed by atoms with Crippen molar-refractivity contribution in [1.29, 1.82) is 0 Å². The molecule has 1 aromatic carbocycles. The molecule has 0 aliphatic heterocycles. The van der Waals surface area contributed by atoms with Crippen molar-refractivity contribution < 1.29 is 4.79 Å². The maximum Gasteiger partial charge on any atom is 0.223 e. The first-order chi connectivity index (χ1) is 12.7. The zero-order chi connectivity index (χ0) is 17.9. The minimum absolute atomic E-state index is 0.121. The molecule has 0 fully saturated rings. The standard InChI is InChI=1S/C17H14N6OS2/c1-11(24)21-17-22-12(9-26-17)8-25-16-14-7-20-23(15(14)18-10-19-16)13-5-3-2-4-6-13/h2-7,9-10H,8H2,1H3,(H,21,22,24). The van der Waals surface area contributed by atoms with Gasteiger partial charge in [0.15, 0.2) is 10.8 Å². The molecule has 4 rings (SSSR count). The average Bonchev–Trinajstić information content (AvgIpc) is 3.27. The quantitative estimate of drug-likeness (QED) is 0.420. The second-order valence-electron chi connectivity index (χ2n) is 5.42. The number of rotatable bonds is 5. The first kappa shape index (κ1) is 16.7. The van der Waals surface area contributed by atoms with E-state index in [1.54, 1.807) is 29.0 Å². The summed E-state index contributed by atoms with van der Waals surface area (Å²) in [4.78, 5) is 24.3. The van der Waals surface area contributed by atoms with Crippen LogP contribution in [0.15, 0.2) is 53.3 Å². The van der Waals surface area contributed by atoms with Crippen molar-refractivity contribution in [3.05, 3.63) is 53.9 Å². The molecule has 3 aromatic heterocycles. The Balaban J connectivity index is 1.57. The summed E-state index contributed by atoms with van der Waals surface area (Å²) in [5.41, 5.74) is 2.62. The van der Waals surface area contributed by atoms with Crippen LogP contribution >= 0.6 is 23.1 Å². The van der Waals surface area contributed by atoms with Gasteiger partial charge in [0.2, 0.25) is 5.91 Å². The Morgan fingerprint density at radius 3 is 2.92 bits per heavy atom. The number of benzene rings is 1. The summed E-state index contributed by atoms with van der Waals surface area (Å²) < 4.78 is 1.80. The predicted octanol–water partition coefficient (Wildman–Crippen LogP) is 3.52. The first-order valence-corrected chi connectivity index (χ1v) is 9.66. The van der Waals surface area contributed by atoms with Gasteiger partial charge in [-0.3, -0.25) is 4.79 Å². The summed E-state index contributed by atoms with van der Waals surface area (Å²) in [6, 6.07) is 9.87. The van der Waals surface area contributed by atoms with Crippen LogP contribution < -0.4 is 5.32 Å². The number of thiazole rings is 1. The van der Waals surface area contributed by atoms with E-state index in [9.17, 15) is 4.79 Å². The van der Waals surface area contributed by atoms with Crippen molar-refractivity contribution in [1.82, 2.24) is 24.7 Å². The lowest BCUT2D eigenvalue weighted by atomic mass is 10.3. The van der Waals surface area contributed by atoms with Gasteiger partial charge in [-0.15, -0.1) is 11.3 Å². The summed E-state index contributed by atoms with van der Waals surface area (Å²) in [7, 11) is 0. The van der Waals surface area contributed by atoms with Gasteiger partial charge in [-0.2, -0.15) is 5.10 Å². The van der Waals surface area contributed by atoms with E-state index in [-0.39, 0.29) is 5.91 Å². The highest BCUT2D eigenvalue weighted by molar-refractivity contribution is 7.98. The van der Waals surface area contributed by atoms with Crippen LogP contribution in [-0.2, 0) is 10.5 Å². The van der Waals surface area contributed by atoms with Gasteiger partial charge in [0.05, 0.1) is 23.0 Å². The van der Waals surface area contributed by atoms with E-state index in [4.69, 9.17) is 0 Å². The topological polar surface area (TPSA) is 85.6 Å². The fourth-order valence-electron chi connectivity index (χ4n) is 2.42. The van der Waals surface area contributed by atoms with Crippen LogP contribution in [0.4, 0.5) is 5.13 Å². The van der Waals surface area contributed by atoms with Gasteiger partial charge in [0.25, 0.3) is 0 Å². The minimum atomic E-state index is -0.121. The van der Waals surface area contributed by atoms with Crippen LogP contribution in [-0.4, -0.2) is 30.6 Å². The molecule has 9 heteroatoms. The van der Waals surface area contributed by atoms with E-state index in [1.807, 2.05) is 35.7 Å². The van der Waals surface area contributed by atoms with E-state index in [0.29, 0.717) is 10.9 Å². The Labute approximate surface area is 157 Å². The molecule has 0 saturated heterocycles. The number of thioether (sulfide) groups is 1. The number of carbonyl (C=O) groups is 1. The zero-order valence-corrected chi connectivity index (χ0v) is 15.4. The maximum atomic E-state index is 11.1. The van der Waals surface area contributed by atoms with Crippen molar-refractivity contribution in [3.63, 3.8) is 0 Å². The molecule has 7 nitrogen and oxygen atoms in total. The molecular weight excluding hydrogens is 368 g/mol. The van der Waals surface area contributed by atoms with Crippen molar-refractivity contribution in [2.45, 2.75) is 17.7 Å². The second-order valence-corrected chi connectivity index (χ2v) is 7.24. The molecule has 26 heavy (non-hydrogen) atoms. The van der Waals surface area contributed by atoms with Crippen molar-refractivity contribution in [3.8, 4) is 5.69 Å². The Bertz CT molecular complexity index is 1060. The monoisotopic (exact) mass is 382 g/mol. The van der Waals surface area contributed by atoms with Gasteiger partial charge in [-0.25, -0.2) is 19.6 Å². The van der Waals surface area contributed by atoms with Gasteiger partial charge >= 0.3 is 0 Å². The van der Waals surface area contributed by atoms with Gasteiger partial charge in [0, 0.05) is 18.1 Å². The van der Waals surface area contributed by atoms with Crippen molar-refractivity contribution in [2.24, 2.45) is 0 Å². The molecular formula is C17H14N6OS2. The molecule has 1 amide bonds. The molecule has 1 N–H and O–H groups in total. The van der Waals surface area contributed by atoms with Gasteiger partial charge < -0.3 is 5.32 Å². The number of hydrogen-bond donors (Lipinski definition) is 1. The van der Waals surface area contributed by atoms with Crippen LogP contribution in [0, 0.1) is 0 Å². The predicted molar refractivity (Wildman–Crippen MR) is 103 cm³/mol. The molecule has 0 aliphatic rings. The molecule has 0 unspecified atom stereocenters. The highest BCUT2D eigenvalue weighted by Gasteiger charge is 2.12. The van der Waals surface area contributed by atoms with Gasteiger partial charge in [0.1, 0.15) is 11.4 Å². The Kier molecular flexibility index (Phi) is 4.63. The molecule has 130 valence electrons. The molecule has 4 aromatic rings. The zero-order valence-electron chi connectivity index (χ0n) is 13.8. The van der Waals surface area contributed by atoms with Crippen molar-refractivity contribution in [2.75, 3.05) is 5.32 Å². The average molecular weight is 382 g/mol. The first-order valence-electron chi connectivity index (χ1n) is 7.79. The maximum absolute atomic E-state index is 11.1. The Morgan fingerprint density at radius 2 is 2.12 bits per heavy atom. The minimum Gasteiger partial charge on any atom is -0.302 e. The third kappa shape index (κ3) is 3.44. The van der Waals surface area contributed by atoms with Gasteiger partial charge in [-0.05, 0) is 12.1 Å². The lowest BCUT2D eigenvalue weighted by Gasteiger charge is -2.03. The summed E-state index contributed by atoms with van der Waals surface area (Å²) in [6.45, 7) is 1.47. The third-order valence-electron chi connectivity index (χ3n) is 3.52. The molecule has 0 radical (unpaired) electrons. The smallest absolute Gasteiger partial charge is 0.223 e. The number of aromatic nitrogens is 5. The summed E-state index contributed by atoms with van der Waals surface area (Å²) in [5.74, 6) is 0.531. The third-order valence-corrected chi connectivity index (χ3v) is 5.37. The molecule has 0 spiro atoms. The van der Waals surface area contributed by atoms with E-state index >= 15 is 0 Å². The summed E-state index contributed by atoms with van der Waals surface area (Å²) >= 11 is 2.98. The fourth-order valence-corrected chi connectivity index (χ4v) is 4.13. The van der Waals surface area contributed by atoms with Crippen LogP contribution in [0.1, 0.15) is 12.6 Å². The van der Waals surface area contributed by atoms with E-state index in [2.05, 4.69) is 25.4 Å². The Morgan fingerprint density at radius 1 is 1.27 bits per heavy atom. The molecule has 0 atom stereocenters. The summed E-state index contributed by atoms with van der Waals surface area (Å²) in [6.07, 6.45) is 3.34. The number of anilines is 1.